The summed E-state index contributed by atoms with van der Waals surface area (Å²) in [5.41, 5.74) is 1.84. The van der Waals surface area contributed by atoms with Crippen molar-refractivity contribution in [3.63, 3.8) is 0 Å². The van der Waals surface area contributed by atoms with Gasteiger partial charge in [-0.3, -0.25) is 4.79 Å². The largest absolute Gasteiger partial charge is 0.299 e. The molecule has 1 saturated carbocycles. The van der Waals surface area contributed by atoms with Crippen LogP contribution in [0.1, 0.15) is 29.9 Å². The minimum Gasteiger partial charge on any atom is -0.299 e. The second kappa shape index (κ2) is 3.56. The average molecular weight is 229 g/mol. The van der Waals surface area contributed by atoms with Crippen LogP contribution in [0.25, 0.3) is 0 Å². The van der Waals surface area contributed by atoms with Crippen LogP contribution < -0.4 is 0 Å². The summed E-state index contributed by atoms with van der Waals surface area (Å²) in [6, 6.07) is 3.71. The van der Waals surface area contributed by atoms with E-state index in [9.17, 15) is 4.79 Å². The van der Waals surface area contributed by atoms with Gasteiger partial charge in [0.15, 0.2) is 0 Å². The monoisotopic (exact) mass is 228 g/mol. The summed E-state index contributed by atoms with van der Waals surface area (Å²) in [6.07, 6.45) is 1.53. The summed E-state index contributed by atoms with van der Waals surface area (Å²) in [7, 11) is 0. The number of rotatable bonds is 1. The lowest BCUT2D eigenvalue weighted by molar-refractivity contribution is -0.125. The van der Waals surface area contributed by atoms with Gasteiger partial charge in [-0.1, -0.05) is 23.2 Å². The molecule has 1 atom stereocenters. The summed E-state index contributed by atoms with van der Waals surface area (Å²) in [5, 5.41) is 1.24. The molecule has 1 aromatic carbocycles. The number of benzene rings is 1. The Bertz CT molecular complexity index is 375. The highest BCUT2D eigenvalue weighted by Gasteiger charge is 2.32. The number of hydrogen-bond acceptors (Lipinski definition) is 1. The average Bonchev–Trinajstić information content (AvgIpc) is 2.08. The standard InChI is InChI=1S/C11H10Cl2O/c1-6-4-8(12)11(9(13)5-6)7-2-3-10(7)14/h4-5,7H,2-3H2,1H3. The van der Waals surface area contributed by atoms with E-state index < -0.39 is 0 Å². The van der Waals surface area contributed by atoms with Crippen molar-refractivity contribution in [1.82, 2.24) is 0 Å². The maximum atomic E-state index is 11.3. The van der Waals surface area contributed by atoms with Gasteiger partial charge < -0.3 is 0 Å². The van der Waals surface area contributed by atoms with Gasteiger partial charge in [0.05, 0.1) is 0 Å². The Hall–Kier alpha value is -0.530. The van der Waals surface area contributed by atoms with Crippen LogP contribution in [0.2, 0.25) is 10.0 Å². The first-order chi connectivity index (χ1) is 6.59. The van der Waals surface area contributed by atoms with E-state index in [1.165, 1.54) is 0 Å². The first-order valence-corrected chi connectivity index (χ1v) is 5.33. The second-order valence-corrected chi connectivity index (χ2v) is 4.51. The van der Waals surface area contributed by atoms with Crippen molar-refractivity contribution >= 4 is 29.0 Å². The molecular weight excluding hydrogens is 219 g/mol. The predicted molar refractivity (Wildman–Crippen MR) is 58.2 cm³/mol. The summed E-state index contributed by atoms with van der Waals surface area (Å²) < 4.78 is 0. The molecule has 1 aliphatic carbocycles. The highest BCUT2D eigenvalue weighted by atomic mass is 35.5. The molecule has 0 aromatic heterocycles. The fourth-order valence-electron chi connectivity index (χ4n) is 1.76. The molecule has 0 saturated heterocycles. The van der Waals surface area contributed by atoms with E-state index in [0.29, 0.717) is 16.5 Å². The van der Waals surface area contributed by atoms with Crippen LogP contribution in [0.3, 0.4) is 0 Å². The van der Waals surface area contributed by atoms with Gasteiger partial charge in [-0.25, -0.2) is 0 Å². The lowest BCUT2D eigenvalue weighted by Gasteiger charge is -2.26. The SMILES string of the molecule is Cc1cc(Cl)c(C2CCC2=O)c(Cl)c1. The first-order valence-electron chi connectivity index (χ1n) is 4.58. The fourth-order valence-corrected chi connectivity index (χ4v) is 2.62. The van der Waals surface area contributed by atoms with E-state index in [2.05, 4.69) is 0 Å². The van der Waals surface area contributed by atoms with Crippen LogP contribution in [0.4, 0.5) is 0 Å². The molecule has 74 valence electrons. The van der Waals surface area contributed by atoms with Crippen molar-refractivity contribution in [2.75, 3.05) is 0 Å². The Morgan fingerprint density at radius 2 is 1.86 bits per heavy atom. The molecule has 1 unspecified atom stereocenters. The quantitative estimate of drug-likeness (QED) is 0.716. The summed E-state index contributed by atoms with van der Waals surface area (Å²) in [6.45, 7) is 1.93. The van der Waals surface area contributed by atoms with Crippen LogP contribution >= 0.6 is 23.2 Å². The maximum absolute atomic E-state index is 11.3. The van der Waals surface area contributed by atoms with Gasteiger partial charge in [-0.2, -0.15) is 0 Å². The van der Waals surface area contributed by atoms with Gasteiger partial charge in [-0.15, -0.1) is 0 Å². The van der Waals surface area contributed by atoms with Crippen molar-refractivity contribution in [3.05, 3.63) is 33.3 Å². The highest BCUT2D eigenvalue weighted by molar-refractivity contribution is 6.36. The minimum absolute atomic E-state index is 0.0596. The van der Waals surface area contributed by atoms with Crippen LogP contribution in [-0.2, 0) is 4.79 Å². The first kappa shape index (κ1) is 10.0. The molecule has 0 aliphatic heterocycles. The molecule has 14 heavy (non-hydrogen) atoms. The molecular formula is C11H10Cl2O. The fraction of sp³-hybridized carbons (Fsp3) is 0.364. The Kier molecular flexibility index (Phi) is 2.54. The molecule has 0 N–H and O–H groups in total. The van der Waals surface area contributed by atoms with Crippen molar-refractivity contribution in [1.29, 1.82) is 0 Å². The van der Waals surface area contributed by atoms with Crippen molar-refractivity contribution in [2.24, 2.45) is 0 Å². The van der Waals surface area contributed by atoms with Gasteiger partial charge in [0.25, 0.3) is 0 Å². The molecule has 1 aromatic rings. The highest BCUT2D eigenvalue weighted by Crippen LogP contribution is 2.41. The van der Waals surface area contributed by atoms with E-state index in [1.807, 2.05) is 19.1 Å². The minimum atomic E-state index is -0.0596. The topological polar surface area (TPSA) is 17.1 Å². The summed E-state index contributed by atoms with van der Waals surface area (Å²) in [4.78, 5) is 11.3. The van der Waals surface area contributed by atoms with Crippen LogP contribution in [0, 0.1) is 6.92 Å². The molecule has 1 aliphatic rings. The predicted octanol–water partition coefficient (Wildman–Crippen LogP) is 3.75. The van der Waals surface area contributed by atoms with Crippen molar-refractivity contribution in [3.8, 4) is 0 Å². The van der Waals surface area contributed by atoms with Gasteiger partial charge in [0, 0.05) is 22.4 Å². The molecule has 2 rings (SSSR count). The lowest BCUT2D eigenvalue weighted by atomic mass is 9.78. The third kappa shape index (κ3) is 1.55. The summed E-state index contributed by atoms with van der Waals surface area (Å²) >= 11 is 12.1. The van der Waals surface area contributed by atoms with E-state index >= 15 is 0 Å². The molecule has 1 nitrogen and oxygen atoms in total. The second-order valence-electron chi connectivity index (χ2n) is 3.70. The summed E-state index contributed by atoms with van der Waals surface area (Å²) in [5.74, 6) is 0.188. The number of aryl methyl sites for hydroxylation is 1. The molecule has 1 fully saturated rings. The Morgan fingerprint density at radius 1 is 1.29 bits per heavy atom. The van der Waals surface area contributed by atoms with Crippen LogP contribution in [0.5, 0.6) is 0 Å². The van der Waals surface area contributed by atoms with Gasteiger partial charge >= 0.3 is 0 Å². The number of halogens is 2. The maximum Gasteiger partial charge on any atom is 0.140 e. The van der Waals surface area contributed by atoms with E-state index in [1.54, 1.807) is 0 Å². The number of ketones is 1. The Labute approximate surface area is 93.0 Å². The lowest BCUT2D eigenvalue weighted by Crippen LogP contribution is -2.23. The molecule has 3 heteroatoms. The molecule has 0 radical (unpaired) electrons. The molecule has 0 amide bonds. The Balaban J connectivity index is 2.47. The van der Waals surface area contributed by atoms with Gasteiger partial charge in [-0.05, 0) is 36.6 Å². The van der Waals surface area contributed by atoms with E-state index in [4.69, 9.17) is 23.2 Å². The normalized spacial score (nSPS) is 20.8. The van der Waals surface area contributed by atoms with Crippen molar-refractivity contribution < 1.29 is 4.79 Å². The smallest absolute Gasteiger partial charge is 0.140 e. The van der Waals surface area contributed by atoms with Gasteiger partial charge in [0.2, 0.25) is 0 Å². The molecule has 0 bridgehead atoms. The third-order valence-corrected chi connectivity index (χ3v) is 3.27. The van der Waals surface area contributed by atoms with Crippen LogP contribution in [0.15, 0.2) is 12.1 Å². The number of Topliss-reactive ketones (excluding diaryl/α,β-unsaturated/α-hetero) is 1. The van der Waals surface area contributed by atoms with Crippen molar-refractivity contribution in [2.45, 2.75) is 25.7 Å². The van der Waals surface area contributed by atoms with E-state index in [-0.39, 0.29) is 11.7 Å². The zero-order chi connectivity index (χ0) is 10.3. The molecule has 0 heterocycles. The number of carbonyl (C=O) groups excluding carboxylic acids is 1. The number of carbonyl (C=O) groups is 1. The number of hydrogen-bond donors (Lipinski definition) is 0. The Morgan fingerprint density at radius 3 is 2.21 bits per heavy atom. The van der Waals surface area contributed by atoms with Crippen LogP contribution in [-0.4, -0.2) is 5.78 Å². The molecule has 0 spiro atoms. The van der Waals surface area contributed by atoms with Gasteiger partial charge in [0.1, 0.15) is 5.78 Å². The zero-order valence-corrected chi connectivity index (χ0v) is 9.32. The zero-order valence-electron chi connectivity index (χ0n) is 7.81. The third-order valence-electron chi connectivity index (χ3n) is 2.64. The van der Waals surface area contributed by atoms with E-state index in [0.717, 1.165) is 17.5 Å².